The fraction of sp³-hybridized carbons (Fsp3) is 0.267. The highest BCUT2D eigenvalue weighted by atomic mass is 16.5. The van der Waals surface area contributed by atoms with Crippen molar-refractivity contribution in [3.63, 3.8) is 0 Å². The van der Waals surface area contributed by atoms with E-state index in [9.17, 15) is 9.59 Å². The van der Waals surface area contributed by atoms with Gasteiger partial charge < -0.3 is 15.2 Å². The van der Waals surface area contributed by atoms with Crippen molar-refractivity contribution in [2.45, 2.75) is 12.6 Å². The summed E-state index contributed by atoms with van der Waals surface area (Å²) in [7, 11) is 1.53. The molecule has 2 heterocycles. The maximum Gasteiger partial charge on any atom is 0.339 e. The van der Waals surface area contributed by atoms with Gasteiger partial charge in [0.15, 0.2) is 0 Å². The van der Waals surface area contributed by atoms with Gasteiger partial charge in [-0.1, -0.05) is 24.3 Å². The zero-order chi connectivity index (χ0) is 15.7. The van der Waals surface area contributed by atoms with Gasteiger partial charge in [0.05, 0.1) is 25.5 Å². The predicted molar refractivity (Wildman–Crippen MR) is 76.5 cm³/mol. The average molecular weight is 301 g/mol. The molecule has 1 amide bonds. The lowest BCUT2D eigenvalue weighted by molar-refractivity contribution is 0.0670. The number of nitrogens with zero attached hydrogens (tertiary/aromatic N) is 2. The van der Waals surface area contributed by atoms with Crippen LogP contribution < -0.4 is 5.32 Å². The molecule has 114 valence electrons. The van der Waals surface area contributed by atoms with Crippen LogP contribution in [0, 0.1) is 0 Å². The molecule has 1 aromatic carbocycles. The number of benzene rings is 1. The number of aromatic nitrogens is 2. The largest absolute Gasteiger partial charge is 0.478 e. The SMILES string of the molecule is Cn1ncc(C(=O)O)c1C(=O)NC1COCc2ccccc21. The standard InChI is InChI=1S/C15H15N3O4/c1-18-13(11(6-16-18)15(20)21)14(19)17-12-8-22-7-9-4-2-3-5-10(9)12/h2-6,12H,7-8H2,1H3,(H,17,19)(H,20,21). The molecule has 0 radical (unpaired) electrons. The number of carbonyl (C=O) groups excluding carboxylic acids is 1. The van der Waals surface area contributed by atoms with Gasteiger partial charge in [0.1, 0.15) is 11.3 Å². The Morgan fingerprint density at radius 3 is 2.95 bits per heavy atom. The zero-order valence-corrected chi connectivity index (χ0v) is 11.9. The summed E-state index contributed by atoms with van der Waals surface area (Å²) in [6, 6.07) is 7.38. The van der Waals surface area contributed by atoms with Crippen LogP contribution in [0.1, 0.15) is 38.0 Å². The molecule has 1 aliphatic rings. The van der Waals surface area contributed by atoms with E-state index in [4.69, 9.17) is 9.84 Å². The molecule has 7 heteroatoms. The number of rotatable bonds is 3. The molecule has 0 fully saturated rings. The first-order valence-corrected chi connectivity index (χ1v) is 6.79. The van der Waals surface area contributed by atoms with Crippen LogP contribution in [0.5, 0.6) is 0 Å². The highest BCUT2D eigenvalue weighted by molar-refractivity contribution is 6.03. The summed E-state index contributed by atoms with van der Waals surface area (Å²) in [5.74, 6) is -1.67. The van der Waals surface area contributed by atoms with Crippen LogP contribution in [-0.2, 0) is 18.4 Å². The topological polar surface area (TPSA) is 93.5 Å². The number of carboxylic acid groups (broad SMARTS) is 1. The Balaban J connectivity index is 1.87. The lowest BCUT2D eigenvalue weighted by Gasteiger charge is -2.26. The van der Waals surface area contributed by atoms with E-state index in [0.717, 1.165) is 11.1 Å². The Kier molecular flexibility index (Phi) is 3.64. The predicted octanol–water partition coefficient (Wildman–Crippen LogP) is 1.12. The molecule has 0 aliphatic carbocycles. The summed E-state index contributed by atoms with van der Waals surface area (Å²) in [6.45, 7) is 0.859. The molecular formula is C15H15N3O4. The molecule has 0 bridgehead atoms. The maximum atomic E-state index is 12.4. The fourth-order valence-corrected chi connectivity index (χ4v) is 2.59. The number of carbonyl (C=O) groups is 2. The quantitative estimate of drug-likeness (QED) is 0.886. The first-order chi connectivity index (χ1) is 10.6. The minimum atomic E-state index is -1.18. The van der Waals surface area contributed by atoms with Crippen molar-refractivity contribution in [2.75, 3.05) is 6.61 Å². The first-order valence-electron chi connectivity index (χ1n) is 6.79. The first kappa shape index (κ1) is 14.3. The van der Waals surface area contributed by atoms with E-state index in [1.54, 1.807) is 0 Å². The van der Waals surface area contributed by atoms with Crippen molar-refractivity contribution in [1.29, 1.82) is 0 Å². The summed E-state index contributed by atoms with van der Waals surface area (Å²) in [6.07, 6.45) is 1.17. The Bertz CT molecular complexity index is 738. The van der Waals surface area contributed by atoms with Crippen LogP contribution in [0.3, 0.4) is 0 Å². The summed E-state index contributed by atoms with van der Waals surface area (Å²) in [4.78, 5) is 23.6. The normalized spacial score (nSPS) is 16.9. The second-order valence-electron chi connectivity index (χ2n) is 5.08. The Morgan fingerprint density at radius 2 is 2.18 bits per heavy atom. The number of hydrogen-bond acceptors (Lipinski definition) is 4. The summed E-state index contributed by atoms with van der Waals surface area (Å²) in [5, 5.41) is 15.8. The van der Waals surface area contributed by atoms with Gasteiger partial charge in [-0.25, -0.2) is 4.79 Å². The van der Waals surface area contributed by atoms with Crippen molar-refractivity contribution in [3.05, 3.63) is 52.8 Å². The third kappa shape index (κ3) is 2.46. The third-order valence-electron chi connectivity index (χ3n) is 3.66. The van der Waals surface area contributed by atoms with E-state index in [1.165, 1.54) is 17.9 Å². The highest BCUT2D eigenvalue weighted by Gasteiger charge is 2.26. The smallest absolute Gasteiger partial charge is 0.339 e. The summed E-state index contributed by atoms with van der Waals surface area (Å²) in [5.41, 5.74) is 1.91. The number of hydrogen-bond donors (Lipinski definition) is 2. The van der Waals surface area contributed by atoms with E-state index in [2.05, 4.69) is 10.4 Å². The third-order valence-corrected chi connectivity index (χ3v) is 3.66. The number of nitrogens with one attached hydrogen (secondary N) is 1. The van der Waals surface area contributed by atoms with E-state index >= 15 is 0 Å². The van der Waals surface area contributed by atoms with Crippen LogP contribution in [0.25, 0.3) is 0 Å². The highest BCUT2D eigenvalue weighted by Crippen LogP contribution is 2.24. The van der Waals surface area contributed by atoms with Crippen molar-refractivity contribution in [2.24, 2.45) is 7.05 Å². The van der Waals surface area contributed by atoms with Crippen LogP contribution in [0.4, 0.5) is 0 Å². The molecule has 2 N–H and O–H groups in total. The van der Waals surface area contributed by atoms with Crippen molar-refractivity contribution in [3.8, 4) is 0 Å². The van der Waals surface area contributed by atoms with Crippen LogP contribution in [0.2, 0.25) is 0 Å². The molecule has 0 saturated heterocycles. The lowest BCUT2D eigenvalue weighted by atomic mass is 9.99. The van der Waals surface area contributed by atoms with Crippen molar-refractivity contribution >= 4 is 11.9 Å². The number of aryl methyl sites for hydroxylation is 1. The van der Waals surface area contributed by atoms with Gasteiger partial charge in [0.2, 0.25) is 0 Å². The minimum Gasteiger partial charge on any atom is -0.478 e. The van der Waals surface area contributed by atoms with E-state index in [0.29, 0.717) is 13.2 Å². The van der Waals surface area contributed by atoms with Gasteiger partial charge in [0, 0.05) is 7.05 Å². The Labute approximate surface area is 126 Å². The lowest BCUT2D eigenvalue weighted by Crippen LogP contribution is -2.36. The maximum absolute atomic E-state index is 12.4. The van der Waals surface area contributed by atoms with Crippen LogP contribution >= 0.6 is 0 Å². The van der Waals surface area contributed by atoms with Gasteiger partial charge in [0.25, 0.3) is 5.91 Å². The van der Waals surface area contributed by atoms with Gasteiger partial charge in [-0.15, -0.1) is 0 Å². The summed E-state index contributed by atoms with van der Waals surface area (Å²) < 4.78 is 6.74. The monoisotopic (exact) mass is 301 g/mol. The molecule has 1 aromatic heterocycles. The molecular weight excluding hydrogens is 286 g/mol. The van der Waals surface area contributed by atoms with E-state index in [1.807, 2.05) is 24.3 Å². The van der Waals surface area contributed by atoms with Gasteiger partial charge in [-0.2, -0.15) is 5.10 Å². The summed E-state index contributed by atoms with van der Waals surface area (Å²) >= 11 is 0. The number of carboxylic acids is 1. The number of ether oxygens (including phenoxy) is 1. The molecule has 0 spiro atoms. The van der Waals surface area contributed by atoms with E-state index < -0.39 is 11.9 Å². The number of amides is 1. The van der Waals surface area contributed by atoms with Gasteiger partial charge in [-0.05, 0) is 11.1 Å². The van der Waals surface area contributed by atoms with E-state index in [-0.39, 0.29) is 17.3 Å². The Morgan fingerprint density at radius 1 is 1.41 bits per heavy atom. The minimum absolute atomic E-state index is 0.0237. The molecule has 22 heavy (non-hydrogen) atoms. The molecule has 1 unspecified atom stereocenters. The molecule has 2 aromatic rings. The second kappa shape index (κ2) is 5.61. The zero-order valence-electron chi connectivity index (χ0n) is 11.9. The number of aromatic carboxylic acids is 1. The molecule has 1 atom stereocenters. The number of fused-ring (bicyclic) bond motifs is 1. The van der Waals surface area contributed by atoms with Crippen LogP contribution in [0.15, 0.2) is 30.5 Å². The second-order valence-corrected chi connectivity index (χ2v) is 5.08. The van der Waals surface area contributed by atoms with Gasteiger partial charge >= 0.3 is 5.97 Å². The van der Waals surface area contributed by atoms with Crippen molar-refractivity contribution in [1.82, 2.24) is 15.1 Å². The molecule has 0 saturated carbocycles. The Hall–Kier alpha value is -2.67. The van der Waals surface area contributed by atoms with Crippen molar-refractivity contribution < 1.29 is 19.4 Å². The average Bonchev–Trinajstić information content (AvgIpc) is 2.90. The van der Waals surface area contributed by atoms with Gasteiger partial charge in [-0.3, -0.25) is 9.48 Å². The molecule has 7 nitrogen and oxygen atoms in total. The molecule has 3 rings (SSSR count). The molecule has 1 aliphatic heterocycles. The fourth-order valence-electron chi connectivity index (χ4n) is 2.59. The van der Waals surface area contributed by atoms with Crippen LogP contribution in [-0.4, -0.2) is 33.4 Å².